The number of hydrogen-bond acceptors (Lipinski definition) is 2. The molecule has 1 aromatic carbocycles. The Labute approximate surface area is 106 Å². The van der Waals surface area contributed by atoms with Gasteiger partial charge in [-0.2, -0.15) is 9.49 Å². The summed E-state index contributed by atoms with van der Waals surface area (Å²) >= 11 is 0. The Bertz CT molecular complexity index is 558. The van der Waals surface area contributed by atoms with Gasteiger partial charge >= 0.3 is 0 Å². The van der Waals surface area contributed by atoms with Crippen molar-refractivity contribution in [1.29, 1.82) is 0 Å². The van der Waals surface area contributed by atoms with Crippen molar-refractivity contribution < 1.29 is 4.39 Å². The van der Waals surface area contributed by atoms with Crippen LogP contribution in [0.2, 0.25) is 0 Å². The Morgan fingerprint density at radius 2 is 2.06 bits per heavy atom. The molecule has 0 bridgehead atoms. The van der Waals surface area contributed by atoms with Crippen molar-refractivity contribution in [3.05, 3.63) is 41.5 Å². The number of aromatic nitrogens is 2. The van der Waals surface area contributed by atoms with E-state index in [4.69, 9.17) is 5.73 Å². The monoisotopic (exact) mass is 247 g/mol. The van der Waals surface area contributed by atoms with Crippen LogP contribution in [-0.4, -0.2) is 9.78 Å². The van der Waals surface area contributed by atoms with E-state index in [0.29, 0.717) is 12.1 Å². The number of nitrogens with zero attached hydrogens (tertiary/aromatic N) is 2. The van der Waals surface area contributed by atoms with Crippen molar-refractivity contribution in [3.63, 3.8) is 0 Å². The highest BCUT2D eigenvalue weighted by molar-refractivity contribution is 5.67. The van der Waals surface area contributed by atoms with Gasteiger partial charge in [0.05, 0.1) is 11.8 Å². The fourth-order valence-corrected chi connectivity index (χ4v) is 1.97. The molecule has 1 heterocycles. The smallest absolute Gasteiger partial charge is 0.219 e. The van der Waals surface area contributed by atoms with Gasteiger partial charge < -0.3 is 5.73 Å². The Morgan fingerprint density at radius 3 is 2.61 bits per heavy atom. The highest BCUT2D eigenvalue weighted by atomic mass is 19.1. The zero-order chi connectivity index (χ0) is 13.3. The number of rotatable bonds is 3. The third-order valence-electron chi connectivity index (χ3n) is 3.05. The van der Waals surface area contributed by atoms with Gasteiger partial charge in [0.15, 0.2) is 0 Å². The van der Waals surface area contributed by atoms with Crippen molar-refractivity contribution in [2.45, 2.75) is 33.4 Å². The van der Waals surface area contributed by atoms with Gasteiger partial charge in [-0.1, -0.05) is 12.1 Å². The Hall–Kier alpha value is -1.68. The van der Waals surface area contributed by atoms with Gasteiger partial charge in [-0.3, -0.25) is 0 Å². The van der Waals surface area contributed by atoms with E-state index in [9.17, 15) is 4.39 Å². The summed E-state index contributed by atoms with van der Waals surface area (Å²) in [6, 6.07) is 5.87. The lowest BCUT2D eigenvalue weighted by atomic mass is 10.0. The molecule has 0 saturated carbocycles. The van der Waals surface area contributed by atoms with Crippen LogP contribution < -0.4 is 5.73 Å². The van der Waals surface area contributed by atoms with Crippen molar-refractivity contribution in [2.24, 2.45) is 5.73 Å². The first-order chi connectivity index (χ1) is 8.54. The highest BCUT2D eigenvalue weighted by Crippen LogP contribution is 2.28. The Morgan fingerprint density at radius 1 is 1.33 bits per heavy atom. The summed E-state index contributed by atoms with van der Waals surface area (Å²) in [5, 5.41) is 4.10. The van der Waals surface area contributed by atoms with Crippen molar-refractivity contribution in [2.75, 3.05) is 0 Å². The molecule has 1 aromatic heterocycles. The molecule has 3 nitrogen and oxygen atoms in total. The topological polar surface area (TPSA) is 43.8 Å². The van der Waals surface area contributed by atoms with E-state index in [0.717, 1.165) is 16.7 Å². The van der Waals surface area contributed by atoms with Gasteiger partial charge in [0.2, 0.25) is 5.95 Å². The average Bonchev–Trinajstić information content (AvgIpc) is 2.72. The molecule has 0 atom stereocenters. The zero-order valence-corrected chi connectivity index (χ0v) is 10.9. The second-order valence-electron chi connectivity index (χ2n) is 4.74. The average molecular weight is 247 g/mol. The van der Waals surface area contributed by atoms with Crippen LogP contribution in [0.5, 0.6) is 0 Å². The van der Waals surface area contributed by atoms with E-state index in [1.807, 2.05) is 39.0 Å². The molecule has 0 aliphatic heterocycles. The van der Waals surface area contributed by atoms with Crippen LogP contribution >= 0.6 is 0 Å². The minimum atomic E-state index is -0.290. The van der Waals surface area contributed by atoms with Gasteiger partial charge in [-0.15, -0.1) is 0 Å². The third-order valence-corrected chi connectivity index (χ3v) is 3.05. The fourth-order valence-electron chi connectivity index (χ4n) is 1.97. The fraction of sp³-hybridized carbons (Fsp3) is 0.357. The predicted octanol–water partition coefficient (Wildman–Crippen LogP) is 3.04. The Kier molecular flexibility index (Phi) is 3.48. The highest BCUT2D eigenvalue weighted by Gasteiger charge is 2.15. The van der Waals surface area contributed by atoms with E-state index >= 15 is 0 Å². The van der Waals surface area contributed by atoms with E-state index in [1.165, 1.54) is 4.68 Å². The summed E-state index contributed by atoms with van der Waals surface area (Å²) in [5.74, 6) is -0.290. The van der Waals surface area contributed by atoms with Crippen LogP contribution in [0.4, 0.5) is 4.39 Å². The second-order valence-corrected chi connectivity index (χ2v) is 4.74. The molecule has 2 rings (SSSR count). The summed E-state index contributed by atoms with van der Waals surface area (Å²) in [7, 11) is 0. The molecule has 0 aliphatic carbocycles. The lowest BCUT2D eigenvalue weighted by Crippen LogP contribution is -2.05. The quantitative estimate of drug-likeness (QED) is 0.906. The van der Waals surface area contributed by atoms with Gasteiger partial charge in [-0.05, 0) is 43.5 Å². The standard InChI is InChI=1S/C14H18FN3/c1-9(2)18-14(15)13(8-17-18)12-6-11(7-16)5-4-10(12)3/h4-6,8-9H,7,16H2,1-3H3. The lowest BCUT2D eigenvalue weighted by molar-refractivity contribution is 0.417. The van der Waals surface area contributed by atoms with E-state index < -0.39 is 0 Å². The van der Waals surface area contributed by atoms with Gasteiger partial charge in [-0.25, -0.2) is 4.68 Å². The molecule has 4 heteroatoms. The third kappa shape index (κ3) is 2.16. The second kappa shape index (κ2) is 4.90. The first-order valence-corrected chi connectivity index (χ1v) is 6.07. The minimum absolute atomic E-state index is 0.0109. The maximum absolute atomic E-state index is 14.3. The molecule has 0 unspecified atom stereocenters. The molecule has 0 spiro atoms. The predicted molar refractivity (Wildman–Crippen MR) is 70.6 cm³/mol. The molecule has 0 aliphatic rings. The number of halogens is 1. The summed E-state index contributed by atoms with van der Waals surface area (Å²) in [6.45, 7) is 6.22. The largest absolute Gasteiger partial charge is 0.326 e. The van der Waals surface area contributed by atoms with Gasteiger partial charge in [0.25, 0.3) is 0 Å². The van der Waals surface area contributed by atoms with Crippen molar-refractivity contribution in [3.8, 4) is 11.1 Å². The molecule has 2 N–H and O–H groups in total. The van der Waals surface area contributed by atoms with Crippen molar-refractivity contribution in [1.82, 2.24) is 9.78 Å². The molecule has 96 valence electrons. The first kappa shape index (κ1) is 12.8. The van der Waals surface area contributed by atoms with Crippen LogP contribution in [0.3, 0.4) is 0 Å². The Balaban J connectivity index is 2.55. The van der Waals surface area contributed by atoms with Crippen LogP contribution in [0.15, 0.2) is 24.4 Å². The molecular formula is C14H18FN3. The molecule has 2 aromatic rings. The van der Waals surface area contributed by atoms with E-state index in [-0.39, 0.29) is 12.0 Å². The lowest BCUT2D eigenvalue weighted by Gasteiger charge is -2.08. The van der Waals surface area contributed by atoms with Crippen LogP contribution in [0.1, 0.15) is 31.0 Å². The van der Waals surface area contributed by atoms with Gasteiger partial charge in [0, 0.05) is 12.6 Å². The minimum Gasteiger partial charge on any atom is -0.326 e. The molecule has 0 amide bonds. The summed E-state index contributed by atoms with van der Waals surface area (Å²) in [4.78, 5) is 0. The zero-order valence-electron chi connectivity index (χ0n) is 10.9. The molecule has 18 heavy (non-hydrogen) atoms. The normalized spacial score (nSPS) is 11.2. The maximum atomic E-state index is 14.3. The molecule has 0 fully saturated rings. The SMILES string of the molecule is Cc1ccc(CN)cc1-c1cnn(C(C)C)c1F. The molecule has 0 radical (unpaired) electrons. The first-order valence-electron chi connectivity index (χ1n) is 6.07. The molecule has 0 saturated heterocycles. The summed E-state index contributed by atoms with van der Waals surface area (Å²) in [6.07, 6.45) is 1.58. The van der Waals surface area contributed by atoms with Crippen LogP contribution in [0.25, 0.3) is 11.1 Å². The van der Waals surface area contributed by atoms with Crippen LogP contribution in [-0.2, 0) is 6.54 Å². The summed E-state index contributed by atoms with van der Waals surface area (Å²) in [5.41, 5.74) is 9.04. The summed E-state index contributed by atoms with van der Waals surface area (Å²) < 4.78 is 15.6. The molecular weight excluding hydrogens is 229 g/mol. The van der Waals surface area contributed by atoms with Crippen LogP contribution in [0, 0.1) is 12.9 Å². The number of aryl methyl sites for hydroxylation is 1. The van der Waals surface area contributed by atoms with E-state index in [1.54, 1.807) is 6.20 Å². The number of nitrogens with two attached hydrogens (primary N) is 1. The van der Waals surface area contributed by atoms with E-state index in [2.05, 4.69) is 5.10 Å². The number of benzene rings is 1. The van der Waals surface area contributed by atoms with Crippen molar-refractivity contribution >= 4 is 0 Å². The van der Waals surface area contributed by atoms with Gasteiger partial charge in [0.1, 0.15) is 0 Å². The number of hydrogen-bond donors (Lipinski definition) is 1. The maximum Gasteiger partial charge on any atom is 0.219 e.